The Morgan fingerprint density at radius 2 is 2.10 bits per heavy atom. The molecule has 144 valence electrons. The molecule has 5 nitrogen and oxygen atoms in total. The fraction of sp³-hybridized carbons (Fsp3) is 0.0455. The number of carbonyl (C=O) groups is 2. The molecule has 2 amide bonds. The Labute approximate surface area is 176 Å². The summed E-state index contributed by atoms with van der Waals surface area (Å²) in [4.78, 5) is 30.9. The fourth-order valence-electron chi connectivity index (χ4n) is 2.69. The summed E-state index contributed by atoms with van der Waals surface area (Å²) in [5.41, 5.74) is 2.70. The van der Waals surface area contributed by atoms with Crippen LogP contribution in [0.3, 0.4) is 0 Å². The first-order chi connectivity index (χ1) is 14.2. The molecule has 0 bridgehead atoms. The van der Waals surface area contributed by atoms with Crippen molar-refractivity contribution in [3.05, 3.63) is 87.2 Å². The lowest BCUT2D eigenvalue weighted by Crippen LogP contribution is -2.20. The molecule has 7 heteroatoms. The number of amides is 2. The molecule has 0 spiro atoms. The largest absolute Gasteiger partial charge is 0.348 e. The van der Waals surface area contributed by atoms with E-state index in [1.807, 2.05) is 53.9 Å². The molecule has 0 atom stereocenters. The van der Waals surface area contributed by atoms with Crippen molar-refractivity contribution in [2.45, 2.75) is 11.4 Å². The van der Waals surface area contributed by atoms with Crippen LogP contribution in [-0.4, -0.2) is 16.8 Å². The lowest BCUT2D eigenvalue weighted by Gasteiger charge is -2.17. The predicted molar refractivity (Wildman–Crippen MR) is 118 cm³/mol. The minimum absolute atomic E-state index is 0.103. The average molecular weight is 420 g/mol. The molecule has 0 saturated carbocycles. The molecule has 1 aromatic carbocycles. The number of anilines is 1. The van der Waals surface area contributed by atoms with Crippen LogP contribution >= 0.6 is 23.1 Å². The predicted octanol–water partition coefficient (Wildman–Crippen LogP) is 4.56. The van der Waals surface area contributed by atoms with Crippen molar-refractivity contribution in [3.63, 3.8) is 0 Å². The number of thiophene rings is 1. The van der Waals surface area contributed by atoms with Crippen molar-refractivity contribution >= 4 is 52.8 Å². The van der Waals surface area contributed by atoms with Crippen LogP contribution in [0.15, 0.2) is 76.1 Å². The van der Waals surface area contributed by atoms with Crippen LogP contribution in [0.4, 0.5) is 5.69 Å². The second-order valence-corrected chi connectivity index (χ2v) is 8.28. The smallest absolute Gasteiger partial charge is 0.262 e. The fourth-order valence-corrected chi connectivity index (χ4v) is 4.51. The summed E-state index contributed by atoms with van der Waals surface area (Å²) in [7, 11) is 0. The molecule has 1 aliphatic heterocycles. The average Bonchev–Trinajstić information content (AvgIpc) is 3.19. The van der Waals surface area contributed by atoms with E-state index < -0.39 is 0 Å². The number of hydrogen-bond acceptors (Lipinski definition) is 5. The maximum atomic E-state index is 12.3. The molecule has 3 aromatic rings. The van der Waals surface area contributed by atoms with Crippen molar-refractivity contribution < 1.29 is 9.59 Å². The second kappa shape index (κ2) is 8.89. The van der Waals surface area contributed by atoms with Gasteiger partial charge in [-0.2, -0.15) is 0 Å². The van der Waals surface area contributed by atoms with Gasteiger partial charge >= 0.3 is 0 Å². The van der Waals surface area contributed by atoms with Crippen molar-refractivity contribution in [1.29, 1.82) is 0 Å². The number of benzene rings is 1. The Kier molecular flexibility index (Phi) is 5.88. The summed E-state index contributed by atoms with van der Waals surface area (Å²) >= 11 is 2.99. The number of thioether (sulfide) groups is 1. The van der Waals surface area contributed by atoms with Crippen LogP contribution in [0.5, 0.6) is 0 Å². The minimum atomic E-state index is -0.168. The topological polar surface area (TPSA) is 71.1 Å². The van der Waals surface area contributed by atoms with E-state index >= 15 is 0 Å². The highest BCUT2D eigenvalue weighted by Crippen LogP contribution is 2.39. The van der Waals surface area contributed by atoms with E-state index in [2.05, 4.69) is 15.6 Å². The van der Waals surface area contributed by atoms with Gasteiger partial charge in [0.05, 0.1) is 10.6 Å². The summed E-state index contributed by atoms with van der Waals surface area (Å²) in [5.74, 6) is -0.271. The number of rotatable bonds is 5. The van der Waals surface area contributed by atoms with Crippen molar-refractivity contribution in [1.82, 2.24) is 10.3 Å². The Hall–Kier alpha value is -3.16. The van der Waals surface area contributed by atoms with E-state index in [9.17, 15) is 9.59 Å². The maximum absolute atomic E-state index is 12.3. The molecule has 2 aromatic heterocycles. The number of para-hydroxylation sites is 1. The lowest BCUT2D eigenvalue weighted by atomic mass is 10.2. The zero-order valence-corrected chi connectivity index (χ0v) is 16.9. The van der Waals surface area contributed by atoms with Crippen LogP contribution in [0.2, 0.25) is 0 Å². The van der Waals surface area contributed by atoms with Crippen LogP contribution in [0.1, 0.15) is 16.0 Å². The Balaban J connectivity index is 1.38. The summed E-state index contributed by atoms with van der Waals surface area (Å²) in [6.07, 6.45) is 8.57. The highest BCUT2D eigenvalue weighted by atomic mass is 32.2. The normalized spacial score (nSPS) is 14.6. The quantitative estimate of drug-likeness (QED) is 0.595. The number of aromatic nitrogens is 1. The second-order valence-electron chi connectivity index (χ2n) is 6.26. The van der Waals surface area contributed by atoms with Crippen molar-refractivity contribution in [3.8, 4) is 0 Å². The SMILES string of the molecule is O=C(/C=C/c1csc(/C=C2/Sc3ccccc3NC2=O)c1)NCc1cccnc1. The van der Waals surface area contributed by atoms with Gasteiger partial charge in [0.2, 0.25) is 5.91 Å². The van der Waals surface area contributed by atoms with Crippen molar-refractivity contribution in [2.24, 2.45) is 0 Å². The molecular formula is C22H17N3O2S2. The summed E-state index contributed by atoms with van der Waals surface area (Å²) in [6, 6.07) is 13.4. The van der Waals surface area contributed by atoms with E-state index in [1.165, 1.54) is 29.2 Å². The van der Waals surface area contributed by atoms with Gasteiger partial charge in [-0.15, -0.1) is 11.3 Å². The first-order valence-corrected chi connectivity index (χ1v) is 10.6. The molecule has 0 radical (unpaired) electrons. The Morgan fingerprint density at radius 3 is 2.97 bits per heavy atom. The van der Waals surface area contributed by atoms with Crippen LogP contribution in [0.25, 0.3) is 12.2 Å². The molecule has 0 saturated heterocycles. The van der Waals surface area contributed by atoms with Crippen LogP contribution in [-0.2, 0) is 16.1 Å². The van der Waals surface area contributed by atoms with Gasteiger partial charge in [-0.05, 0) is 52.9 Å². The van der Waals surface area contributed by atoms with Gasteiger partial charge in [0.25, 0.3) is 5.91 Å². The van der Waals surface area contributed by atoms with Gasteiger partial charge in [0.1, 0.15) is 0 Å². The molecular weight excluding hydrogens is 402 g/mol. The third-order valence-electron chi connectivity index (χ3n) is 4.11. The van der Waals surface area contributed by atoms with Gasteiger partial charge in [0, 0.05) is 34.8 Å². The molecule has 3 heterocycles. The molecule has 0 fully saturated rings. The summed E-state index contributed by atoms with van der Waals surface area (Å²) in [5, 5.41) is 7.69. The molecule has 4 rings (SSSR count). The van der Waals surface area contributed by atoms with E-state index in [-0.39, 0.29) is 11.8 Å². The lowest BCUT2D eigenvalue weighted by molar-refractivity contribution is -0.116. The van der Waals surface area contributed by atoms with Gasteiger partial charge in [-0.25, -0.2) is 0 Å². The summed E-state index contributed by atoms with van der Waals surface area (Å²) in [6.45, 7) is 0.436. The maximum Gasteiger partial charge on any atom is 0.262 e. The zero-order valence-electron chi connectivity index (χ0n) is 15.3. The molecule has 29 heavy (non-hydrogen) atoms. The van der Waals surface area contributed by atoms with Gasteiger partial charge < -0.3 is 10.6 Å². The van der Waals surface area contributed by atoms with E-state index in [4.69, 9.17) is 0 Å². The van der Waals surface area contributed by atoms with Gasteiger partial charge in [0.15, 0.2) is 0 Å². The van der Waals surface area contributed by atoms with E-state index in [0.29, 0.717) is 11.4 Å². The first kappa shape index (κ1) is 19.2. The number of carbonyl (C=O) groups excluding carboxylic acids is 2. The Morgan fingerprint density at radius 1 is 1.21 bits per heavy atom. The van der Waals surface area contributed by atoms with Crippen molar-refractivity contribution in [2.75, 3.05) is 5.32 Å². The monoisotopic (exact) mass is 419 g/mol. The standard InChI is InChI=1S/C22H17N3O2S2/c26-21(24-13-16-4-3-9-23-12-16)8-7-15-10-17(28-14-15)11-20-22(27)25-18-5-1-2-6-19(18)29-20/h1-12,14H,13H2,(H,24,26)(H,25,27)/b8-7+,20-11+. The van der Waals surface area contributed by atoms with Gasteiger partial charge in [-0.1, -0.05) is 30.0 Å². The van der Waals surface area contributed by atoms with E-state index in [1.54, 1.807) is 18.5 Å². The zero-order chi connectivity index (χ0) is 20.1. The number of hydrogen-bond donors (Lipinski definition) is 2. The minimum Gasteiger partial charge on any atom is -0.348 e. The highest BCUT2D eigenvalue weighted by molar-refractivity contribution is 8.04. The number of pyridine rings is 1. The molecule has 0 unspecified atom stereocenters. The number of nitrogens with zero attached hydrogens (tertiary/aromatic N) is 1. The number of fused-ring (bicyclic) bond motifs is 1. The highest BCUT2D eigenvalue weighted by Gasteiger charge is 2.20. The third-order valence-corrected chi connectivity index (χ3v) is 6.11. The third kappa shape index (κ3) is 5.01. The number of nitrogens with one attached hydrogen (secondary N) is 2. The van der Waals surface area contributed by atoms with Crippen LogP contribution < -0.4 is 10.6 Å². The molecule has 1 aliphatic rings. The molecule has 2 N–H and O–H groups in total. The summed E-state index contributed by atoms with van der Waals surface area (Å²) < 4.78 is 0. The van der Waals surface area contributed by atoms with Crippen LogP contribution in [0, 0.1) is 0 Å². The van der Waals surface area contributed by atoms with Gasteiger partial charge in [-0.3, -0.25) is 14.6 Å². The Bertz CT molecular complexity index is 1100. The molecule has 0 aliphatic carbocycles. The first-order valence-electron chi connectivity index (χ1n) is 8.91. The van der Waals surface area contributed by atoms with E-state index in [0.717, 1.165) is 26.6 Å².